The molecular weight excluding hydrogens is 314 g/mol. The zero-order chi connectivity index (χ0) is 18.0. The molecule has 5 nitrogen and oxygen atoms in total. The quantitative estimate of drug-likeness (QED) is 0.926. The SMILES string of the molecule is CCn1c(C)cc(O)c(C(c2ccccc2)N2CCN(C)CC2)c1=O. The first-order valence-electron chi connectivity index (χ1n) is 8.93. The summed E-state index contributed by atoms with van der Waals surface area (Å²) in [6.07, 6.45) is 0. The van der Waals surface area contributed by atoms with Gasteiger partial charge in [0.1, 0.15) is 5.75 Å². The summed E-state index contributed by atoms with van der Waals surface area (Å²) < 4.78 is 1.74. The third-order valence-electron chi connectivity index (χ3n) is 5.13. The van der Waals surface area contributed by atoms with Gasteiger partial charge >= 0.3 is 0 Å². The van der Waals surface area contributed by atoms with E-state index >= 15 is 0 Å². The van der Waals surface area contributed by atoms with E-state index in [9.17, 15) is 9.90 Å². The van der Waals surface area contributed by atoms with E-state index in [-0.39, 0.29) is 17.4 Å². The van der Waals surface area contributed by atoms with Crippen molar-refractivity contribution in [2.24, 2.45) is 0 Å². The molecule has 1 saturated heterocycles. The van der Waals surface area contributed by atoms with Crippen molar-refractivity contribution in [3.63, 3.8) is 0 Å². The molecule has 1 N–H and O–H groups in total. The van der Waals surface area contributed by atoms with Gasteiger partial charge in [-0.05, 0) is 32.5 Å². The van der Waals surface area contributed by atoms with Crippen molar-refractivity contribution >= 4 is 0 Å². The number of aromatic nitrogens is 1. The molecular formula is C20H27N3O2. The molecule has 1 fully saturated rings. The molecule has 1 atom stereocenters. The van der Waals surface area contributed by atoms with Crippen LogP contribution in [-0.2, 0) is 6.54 Å². The average Bonchev–Trinajstić information content (AvgIpc) is 2.60. The molecule has 1 aliphatic rings. The normalized spacial score (nSPS) is 17.6. The van der Waals surface area contributed by atoms with E-state index in [1.807, 2.05) is 44.2 Å². The third kappa shape index (κ3) is 3.48. The molecule has 0 amide bonds. The summed E-state index contributed by atoms with van der Waals surface area (Å²) >= 11 is 0. The maximum Gasteiger partial charge on any atom is 0.259 e. The van der Waals surface area contributed by atoms with Crippen molar-refractivity contribution in [1.29, 1.82) is 0 Å². The van der Waals surface area contributed by atoms with Crippen LogP contribution in [0.25, 0.3) is 0 Å². The van der Waals surface area contributed by atoms with E-state index in [1.54, 1.807) is 10.6 Å². The van der Waals surface area contributed by atoms with E-state index < -0.39 is 0 Å². The molecule has 0 bridgehead atoms. The monoisotopic (exact) mass is 341 g/mol. The highest BCUT2D eigenvalue weighted by molar-refractivity contribution is 5.41. The van der Waals surface area contributed by atoms with E-state index in [1.165, 1.54) is 0 Å². The van der Waals surface area contributed by atoms with Crippen LogP contribution in [0.15, 0.2) is 41.2 Å². The van der Waals surface area contributed by atoms with Crippen LogP contribution in [-0.4, -0.2) is 52.7 Å². The van der Waals surface area contributed by atoms with Gasteiger partial charge in [0.2, 0.25) is 0 Å². The van der Waals surface area contributed by atoms with Gasteiger partial charge in [0.15, 0.2) is 0 Å². The molecule has 3 rings (SSSR count). The lowest BCUT2D eigenvalue weighted by molar-refractivity contribution is 0.125. The fourth-order valence-electron chi connectivity index (χ4n) is 3.69. The van der Waals surface area contributed by atoms with Crippen LogP contribution < -0.4 is 5.56 Å². The Morgan fingerprint density at radius 3 is 2.36 bits per heavy atom. The molecule has 2 aromatic rings. The van der Waals surface area contributed by atoms with Crippen molar-refractivity contribution in [3.05, 3.63) is 63.6 Å². The van der Waals surface area contributed by atoms with E-state index in [0.717, 1.165) is 37.4 Å². The number of nitrogens with zero attached hydrogens (tertiary/aromatic N) is 3. The molecule has 25 heavy (non-hydrogen) atoms. The number of aromatic hydroxyl groups is 1. The Kier molecular flexibility index (Phi) is 5.25. The van der Waals surface area contributed by atoms with Crippen LogP contribution in [0.2, 0.25) is 0 Å². The molecule has 5 heteroatoms. The molecule has 1 aliphatic heterocycles. The van der Waals surface area contributed by atoms with Gasteiger partial charge in [-0.3, -0.25) is 9.69 Å². The van der Waals surface area contributed by atoms with Crippen molar-refractivity contribution < 1.29 is 5.11 Å². The number of hydrogen-bond donors (Lipinski definition) is 1. The summed E-state index contributed by atoms with van der Waals surface area (Å²) in [5.41, 5.74) is 2.24. The summed E-state index contributed by atoms with van der Waals surface area (Å²) in [4.78, 5) is 17.7. The molecule has 0 spiro atoms. The number of benzene rings is 1. The number of aryl methyl sites for hydroxylation is 1. The van der Waals surface area contributed by atoms with Gasteiger partial charge in [-0.2, -0.15) is 0 Å². The number of piperazine rings is 1. The Labute approximate surface area is 149 Å². The van der Waals surface area contributed by atoms with Crippen LogP contribution in [0.4, 0.5) is 0 Å². The van der Waals surface area contributed by atoms with E-state index in [2.05, 4.69) is 16.8 Å². The standard InChI is InChI=1S/C20H27N3O2/c1-4-23-15(2)14-17(24)18(20(23)25)19(16-8-6-5-7-9-16)22-12-10-21(3)11-13-22/h5-9,14,19,24H,4,10-13H2,1-3H3. The van der Waals surface area contributed by atoms with E-state index in [0.29, 0.717) is 12.1 Å². The molecule has 2 heterocycles. The Hall–Kier alpha value is -2.11. The molecule has 1 aromatic carbocycles. The lowest BCUT2D eigenvalue weighted by atomic mass is 9.96. The van der Waals surface area contributed by atoms with Gasteiger partial charge in [0.05, 0.1) is 11.6 Å². The fourth-order valence-corrected chi connectivity index (χ4v) is 3.69. The predicted octanol–water partition coefficient (Wildman–Crippen LogP) is 2.22. The van der Waals surface area contributed by atoms with Gasteiger partial charge in [-0.25, -0.2) is 0 Å². The number of pyridine rings is 1. The van der Waals surface area contributed by atoms with Gasteiger partial charge in [0, 0.05) is 38.4 Å². The minimum absolute atomic E-state index is 0.0900. The second kappa shape index (κ2) is 7.42. The first-order valence-corrected chi connectivity index (χ1v) is 8.93. The molecule has 0 aliphatic carbocycles. The Morgan fingerprint density at radius 1 is 1.12 bits per heavy atom. The van der Waals surface area contributed by atoms with Crippen molar-refractivity contribution in [2.75, 3.05) is 33.2 Å². The summed E-state index contributed by atoms with van der Waals surface area (Å²) in [6.45, 7) is 8.08. The maximum atomic E-state index is 13.1. The van der Waals surface area contributed by atoms with Crippen molar-refractivity contribution in [3.8, 4) is 5.75 Å². The minimum atomic E-state index is -0.221. The third-order valence-corrected chi connectivity index (χ3v) is 5.13. The molecule has 1 unspecified atom stereocenters. The number of rotatable bonds is 4. The lowest BCUT2D eigenvalue weighted by Crippen LogP contribution is -2.47. The van der Waals surface area contributed by atoms with Gasteiger partial charge < -0.3 is 14.6 Å². The Balaban J connectivity index is 2.14. The highest BCUT2D eigenvalue weighted by atomic mass is 16.3. The molecule has 134 valence electrons. The van der Waals surface area contributed by atoms with Crippen LogP contribution in [0.5, 0.6) is 5.75 Å². The van der Waals surface area contributed by atoms with Gasteiger partial charge in [0.25, 0.3) is 5.56 Å². The van der Waals surface area contributed by atoms with E-state index in [4.69, 9.17) is 0 Å². The van der Waals surface area contributed by atoms with Gasteiger partial charge in [-0.15, -0.1) is 0 Å². The second-order valence-electron chi connectivity index (χ2n) is 6.79. The lowest BCUT2D eigenvalue weighted by Gasteiger charge is -2.38. The Bertz CT molecular complexity index is 778. The highest BCUT2D eigenvalue weighted by Crippen LogP contribution is 2.33. The maximum absolute atomic E-state index is 13.1. The predicted molar refractivity (Wildman–Crippen MR) is 100 cm³/mol. The average molecular weight is 341 g/mol. The first kappa shape index (κ1) is 17.7. The highest BCUT2D eigenvalue weighted by Gasteiger charge is 2.30. The van der Waals surface area contributed by atoms with Crippen molar-refractivity contribution in [2.45, 2.75) is 26.4 Å². The van der Waals surface area contributed by atoms with Crippen molar-refractivity contribution in [1.82, 2.24) is 14.4 Å². The zero-order valence-corrected chi connectivity index (χ0v) is 15.3. The fraction of sp³-hybridized carbons (Fsp3) is 0.450. The second-order valence-corrected chi connectivity index (χ2v) is 6.79. The minimum Gasteiger partial charge on any atom is -0.507 e. The van der Waals surface area contributed by atoms with Crippen LogP contribution in [0, 0.1) is 6.92 Å². The first-order chi connectivity index (χ1) is 12.0. The summed E-state index contributed by atoms with van der Waals surface area (Å²) in [5.74, 6) is 0.0972. The largest absolute Gasteiger partial charge is 0.507 e. The molecule has 1 aromatic heterocycles. The Morgan fingerprint density at radius 2 is 1.76 bits per heavy atom. The molecule has 0 saturated carbocycles. The van der Waals surface area contributed by atoms with Crippen LogP contribution in [0.3, 0.4) is 0 Å². The smallest absolute Gasteiger partial charge is 0.259 e. The summed E-state index contributed by atoms with van der Waals surface area (Å²) in [5, 5.41) is 10.7. The zero-order valence-electron chi connectivity index (χ0n) is 15.3. The topological polar surface area (TPSA) is 48.7 Å². The van der Waals surface area contributed by atoms with Crippen LogP contribution >= 0.6 is 0 Å². The van der Waals surface area contributed by atoms with Gasteiger partial charge in [-0.1, -0.05) is 30.3 Å². The van der Waals surface area contributed by atoms with Crippen LogP contribution in [0.1, 0.15) is 29.8 Å². The number of likely N-dealkylation sites (N-methyl/N-ethyl adjacent to an activating group) is 1. The number of hydrogen-bond acceptors (Lipinski definition) is 4. The molecule has 0 radical (unpaired) electrons. The summed E-state index contributed by atoms with van der Waals surface area (Å²) in [6, 6.07) is 11.5. The summed E-state index contributed by atoms with van der Waals surface area (Å²) in [7, 11) is 2.11.